The first-order chi connectivity index (χ1) is 11.0. The molecular formula is C19H30N2O2. The molecule has 1 atom stereocenters. The van der Waals surface area contributed by atoms with Crippen molar-refractivity contribution in [1.82, 2.24) is 10.2 Å². The highest BCUT2D eigenvalue weighted by atomic mass is 16.5. The third-order valence-electron chi connectivity index (χ3n) is 4.91. The van der Waals surface area contributed by atoms with Gasteiger partial charge in [0.15, 0.2) is 0 Å². The van der Waals surface area contributed by atoms with Gasteiger partial charge in [0.25, 0.3) is 0 Å². The maximum atomic E-state index is 12.5. The minimum atomic E-state index is -0.112. The summed E-state index contributed by atoms with van der Waals surface area (Å²) in [5.41, 5.74) is 1.09. The Balaban J connectivity index is 1.95. The standard InChI is InChI=1S/C19H30N2O2/c1-5-16-8-6-7-13-21(16)18(22)20-14-19(2,3)15-9-11-17(23-4)12-10-15/h9-12,16H,5-8,13-14H2,1-4H3,(H,20,22). The first-order valence-corrected chi connectivity index (χ1v) is 8.67. The normalized spacial score (nSPS) is 18.6. The van der Waals surface area contributed by atoms with E-state index in [4.69, 9.17) is 4.74 Å². The molecule has 0 bridgehead atoms. The molecular weight excluding hydrogens is 288 g/mol. The second-order valence-corrected chi connectivity index (χ2v) is 7.02. The number of carbonyl (C=O) groups excluding carboxylic acids is 1. The fraction of sp³-hybridized carbons (Fsp3) is 0.632. The van der Waals surface area contributed by atoms with Crippen molar-refractivity contribution >= 4 is 6.03 Å². The van der Waals surface area contributed by atoms with Gasteiger partial charge in [-0.3, -0.25) is 0 Å². The van der Waals surface area contributed by atoms with Crippen LogP contribution in [0.4, 0.5) is 4.79 Å². The lowest BCUT2D eigenvalue weighted by Crippen LogP contribution is -2.50. The van der Waals surface area contributed by atoms with Crippen molar-refractivity contribution < 1.29 is 9.53 Å². The predicted octanol–water partition coefficient (Wildman–Crippen LogP) is 3.95. The Bertz CT molecular complexity index is 511. The molecule has 4 nitrogen and oxygen atoms in total. The zero-order valence-electron chi connectivity index (χ0n) is 14.9. The van der Waals surface area contributed by atoms with E-state index in [-0.39, 0.29) is 11.4 Å². The Morgan fingerprint density at radius 1 is 1.30 bits per heavy atom. The van der Waals surface area contributed by atoms with Gasteiger partial charge in [-0.05, 0) is 43.4 Å². The van der Waals surface area contributed by atoms with Gasteiger partial charge >= 0.3 is 6.03 Å². The van der Waals surface area contributed by atoms with E-state index >= 15 is 0 Å². The van der Waals surface area contributed by atoms with E-state index in [0.717, 1.165) is 31.6 Å². The maximum absolute atomic E-state index is 12.5. The molecule has 1 aliphatic rings. The highest BCUT2D eigenvalue weighted by Gasteiger charge is 2.27. The Morgan fingerprint density at radius 2 is 2.00 bits per heavy atom. The van der Waals surface area contributed by atoms with Gasteiger partial charge in [0, 0.05) is 24.5 Å². The molecule has 128 valence electrons. The fourth-order valence-electron chi connectivity index (χ4n) is 3.23. The molecule has 4 heteroatoms. The highest BCUT2D eigenvalue weighted by molar-refractivity contribution is 5.74. The van der Waals surface area contributed by atoms with Gasteiger partial charge in [0.05, 0.1) is 7.11 Å². The SMILES string of the molecule is CCC1CCCCN1C(=O)NCC(C)(C)c1ccc(OC)cc1. The largest absolute Gasteiger partial charge is 0.497 e. The Kier molecular flexibility index (Phi) is 5.91. The summed E-state index contributed by atoms with van der Waals surface area (Å²) in [7, 11) is 1.67. The smallest absolute Gasteiger partial charge is 0.317 e. The zero-order valence-corrected chi connectivity index (χ0v) is 14.9. The first-order valence-electron chi connectivity index (χ1n) is 8.67. The summed E-state index contributed by atoms with van der Waals surface area (Å²) in [6.45, 7) is 7.99. The summed E-state index contributed by atoms with van der Waals surface area (Å²) in [6.07, 6.45) is 4.52. The monoisotopic (exact) mass is 318 g/mol. The second kappa shape index (κ2) is 7.71. The minimum Gasteiger partial charge on any atom is -0.497 e. The zero-order chi connectivity index (χ0) is 16.9. The van der Waals surface area contributed by atoms with Gasteiger partial charge < -0.3 is 15.0 Å². The van der Waals surface area contributed by atoms with Crippen LogP contribution in [0.15, 0.2) is 24.3 Å². The minimum absolute atomic E-state index is 0.0816. The molecule has 0 spiro atoms. The van der Waals surface area contributed by atoms with Crippen molar-refractivity contribution in [2.75, 3.05) is 20.2 Å². The van der Waals surface area contributed by atoms with Crippen molar-refractivity contribution in [3.05, 3.63) is 29.8 Å². The molecule has 2 rings (SSSR count). The van der Waals surface area contributed by atoms with Crippen LogP contribution >= 0.6 is 0 Å². The third-order valence-corrected chi connectivity index (χ3v) is 4.91. The average Bonchev–Trinajstić information content (AvgIpc) is 2.59. The lowest BCUT2D eigenvalue weighted by molar-refractivity contribution is 0.147. The molecule has 0 saturated carbocycles. The first kappa shape index (κ1) is 17.6. The molecule has 0 aromatic heterocycles. The van der Waals surface area contributed by atoms with E-state index < -0.39 is 0 Å². The molecule has 1 saturated heterocycles. The van der Waals surface area contributed by atoms with Crippen LogP contribution in [0.5, 0.6) is 5.75 Å². The van der Waals surface area contributed by atoms with Gasteiger partial charge in [-0.25, -0.2) is 4.79 Å². The quantitative estimate of drug-likeness (QED) is 0.893. The van der Waals surface area contributed by atoms with Crippen molar-refractivity contribution in [3.8, 4) is 5.75 Å². The number of rotatable bonds is 5. The van der Waals surface area contributed by atoms with E-state index in [2.05, 4.69) is 38.2 Å². The maximum Gasteiger partial charge on any atom is 0.317 e. The molecule has 1 heterocycles. The summed E-state index contributed by atoms with van der Waals surface area (Å²) < 4.78 is 5.21. The number of urea groups is 1. The van der Waals surface area contributed by atoms with E-state index in [1.54, 1.807) is 7.11 Å². The molecule has 1 aromatic rings. The van der Waals surface area contributed by atoms with Gasteiger partial charge in [-0.15, -0.1) is 0 Å². The number of carbonyl (C=O) groups is 1. The van der Waals surface area contributed by atoms with Crippen LogP contribution in [-0.4, -0.2) is 37.2 Å². The summed E-state index contributed by atoms with van der Waals surface area (Å²) in [5, 5.41) is 3.14. The van der Waals surface area contributed by atoms with Gasteiger partial charge in [0.2, 0.25) is 0 Å². The number of likely N-dealkylation sites (tertiary alicyclic amines) is 1. The molecule has 1 N–H and O–H groups in total. The van der Waals surface area contributed by atoms with Crippen molar-refractivity contribution in [1.29, 1.82) is 0 Å². The fourth-order valence-corrected chi connectivity index (χ4v) is 3.23. The Labute approximate surface area is 140 Å². The molecule has 1 aromatic carbocycles. The number of hydrogen-bond acceptors (Lipinski definition) is 2. The third kappa shape index (κ3) is 4.40. The summed E-state index contributed by atoms with van der Waals surface area (Å²) >= 11 is 0. The van der Waals surface area contributed by atoms with E-state index in [1.807, 2.05) is 17.0 Å². The number of amides is 2. The number of piperidine rings is 1. The van der Waals surface area contributed by atoms with E-state index in [0.29, 0.717) is 12.6 Å². The Hall–Kier alpha value is -1.71. The van der Waals surface area contributed by atoms with Gasteiger partial charge in [-0.1, -0.05) is 32.9 Å². The molecule has 1 unspecified atom stereocenters. The van der Waals surface area contributed by atoms with Crippen LogP contribution in [0, 0.1) is 0 Å². The molecule has 1 fully saturated rings. The van der Waals surface area contributed by atoms with Crippen LogP contribution in [-0.2, 0) is 5.41 Å². The lowest BCUT2D eigenvalue weighted by atomic mass is 9.84. The van der Waals surface area contributed by atoms with Crippen LogP contribution in [0.1, 0.15) is 52.0 Å². The summed E-state index contributed by atoms with van der Waals surface area (Å²) in [6, 6.07) is 8.56. The van der Waals surface area contributed by atoms with Crippen LogP contribution < -0.4 is 10.1 Å². The number of methoxy groups -OCH3 is 1. The molecule has 2 amide bonds. The molecule has 0 aliphatic carbocycles. The number of benzene rings is 1. The highest BCUT2D eigenvalue weighted by Crippen LogP contribution is 2.25. The molecule has 1 aliphatic heterocycles. The number of hydrogen-bond donors (Lipinski definition) is 1. The van der Waals surface area contributed by atoms with Crippen LogP contribution in [0.2, 0.25) is 0 Å². The van der Waals surface area contributed by atoms with Crippen molar-refractivity contribution in [2.45, 2.75) is 57.9 Å². The van der Waals surface area contributed by atoms with Crippen molar-refractivity contribution in [2.24, 2.45) is 0 Å². The van der Waals surface area contributed by atoms with E-state index in [1.165, 1.54) is 12.0 Å². The number of ether oxygens (including phenoxy) is 1. The van der Waals surface area contributed by atoms with Crippen LogP contribution in [0.25, 0.3) is 0 Å². The average molecular weight is 318 g/mol. The van der Waals surface area contributed by atoms with Gasteiger partial charge in [-0.2, -0.15) is 0 Å². The Morgan fingerprint density at radius 3 is 2.61 bits per heavy atom. The lowest BCUT2D eigenvalue weighted by Gasteiger charge is -2.36. The topological polar surface area (TPSA) is 41.6 Å². The van der Waals surface area contributed by atoms with E-state index in [9.17, 15) is 4.79 Å². The van der Waals surface area contributed by atoms with Crippen LogP contribution in [0.3, 0.4) is 0 Å². The number of nitrogens with zero attached hydrogens (tertiary/aromatic N) is 1. The second-order valence-electron chi connectivity index (χ2n) is 7.02. The summed E-state index contributed by atoms with van der Waals surface area (Å²) in [4.78, 5) is 14.6. The van der Waals surface area contributed by atoms with Crippen molar-refractivity contribution in [3.63, 3.8) is 0 Å². The molecule has 23 heavy (non-hydrogen) atoms. The molecule has 0 radical (unpaired) electrons. The summed E-state index contributed by atoms with van der Waals surface area (Å²) in [5.74, 6) is 0.854. The van der Waals surface area contributed by atoms with Gasteiger partial charge in [0.1, 0.15) is 5.75 Å². The number of nitrogens with one attached hydrogen (secondary N) is 1. The predicted molar refractivity (Wildman–Crippen MR) is 94.1 cm³/mol.